The monoisotopic (exact) mass is 487 g/mol. The predicted molar refractivity (Wildman–Crippen MR) is 126 cm³/mol. The Bertz CT molecular complexity index is 536. The first-order valence-electron chi connectivity index (χ1n) is 10.2. The van der Waals surface area contributed by atoms with Crippen LogP contribution in [0.3, 0.4) is 0 Å². The van der Waals surface area contributed by atoms with Crippen molar-refractivity contribution in [1.82, 2.24) is 20.5 Å². The molecule has 154 valence electrons. The summed E-state index contributed by atoms with van der Waals surface area (Å²) in [5.74, 6) is 1.53. The minimum Gasteiger partial charge on any atom is -0.356 e. The average molecular weight is 487 g/mol. The van der Waals surface area contributed by atoms with Gasteiger partial charge in [0.05, 0.1) is 0 Å². The largest absolute Gasteiger partial charge is 0.356 e. The molecule has 1 saturated heterocycles. The van der Waals surface area contributed by atoms with Crippen LogP contribution >= 0.6 is 24.0 Å². The Hall–Kier alpha value is -0.890. The fourth-order valence-corrected chi connectivity index (χ4v) is 3.61. The molecule has 1 aromatic heterocycles. The highest BCUT2D eigenvalue weighted by Gasteiger charge is 2.22. The third-order valence-electron chi connectivity index (χ3n) is 5.26. The van der Waals surface area contributed by atoms with Gasteiger partial charge in [-0.25, -0.2) is 0 Å². The molecule has 2 N–H and O–H groups in total. The minimum atomic E-state index is 0. The standard InChI is InChI=1S/C21H37N5.HI/c1-17(2)20(26-13-7-5-6-8-14-26)16-25-21(22-4)23-12-11-19-10-9-18(3)24-15-19;/h9-10,15,17,20H,5-8,11-14,16H2,1-4H3,(H2,22,23,25);1H. The fraction of sp³-hybridized carbons (Fsp3) is 0.714. The van der Waals surface area contributed by atoms with Crippen LogP contribution in [0.1, 0.15) is 50.8 Å². The van der Waals surface area contributed by atoms with E-state index in [4.69, 9.17) is 0 Å². The molecule has 1 fully saturated rings. The molecule has 2 rings (SSSR count). The maximum absolute atomic E-state index is 4.39. The number of hydrogen-bond donors (Lipinski definition) is 2. The molecular formula is C21H38IN5. The number of halogens is 1. The third kappa shape index (κ3) is 8.77. The molecule has 1 atom stereocenters. The molecule has 1 unspecified atom stereocenters. The zero-order chi connectivity index (χ0) is 18.8. The van der Waals surface area contributed by atoms with Gasteiger partial charge in [0, 0.05) is 38.1 Å². The Balaban J connectivity index is 0.00000364. The SMILES string of the molecule is CN=C(NCCc1ccc(C)nc1)NCC(C(C)C)N1CCCCCC1.I. The number of aromatic nitrogens is 1. The summed E-state index contributed by atoms with van der Waals surface area (Å²) >= 11 is 0. The van der Waals surface area contributed by atoms with E-state index in [1.165, 1.54) is 44.3 Å². The van der Waals surface area contributed by atoms with Gasteiger partial charge in [-0.2, -0.15) is 0 Å². The van der Waals surface area contributed by atoms with E-state index in [1.807, 2.05) is 20.2 Å². The highest BCUT2D eigenvalue weighted by atomic mass is 127. The summed E-state index contributed by atoms with van der Waals surface area (Å²) in [6.07, 6.45) is 8.34. The molecule has 5 nitrogen and oxygen atoms in total. The van der Waals surface area contributed by atoms with E-state index < -0.39 is 0 Å². The fourth-order valence-electron chi connectivity index (χ4n) is 3.61. The molecule has 0 radical (unpaired) electrons. The van der Waals surface area contributed by atoms with Crippen molar-refractivity contribution in [3.8, 4) is 0 Å². The summed E-state index contributed by atoms with van der Waals surface area (Å²) < 4.78 is 0. The molecule has 1 aliphatic rings. The van der Waals surface area contributed by atoms with E-state index in [-0.39, 0.29) is 24.0 Å². The van der Waals surface area contributed by atoms with Gasteiger partial charge in [-0.1, -0.05) is 32.8 Å². The van der Waals surface area contributed by atoms with Crippen LogP contribution < -0.4 is 10.6 Å². The van der Waals surface area contributed by atoms with E-state index in [2.05, 4.69) is 51.5 Å². The van der Waals surface area contributed by atoms with Crippen molar-refractivity contribution in [1.29, 1.82) is 0 Å². The molecule has 0 aromatic carbocycles. The van der Waals surface area contributed by atoms with Gasteiger partial charge >= 0.3 is 0 Å². The molecule has 0 bridgehead atoms. The molecule has 2 heterocycles. The van der Waals surface area contributed by atoms with Crippen molar-refractivity contribution in [2.45, 2.75) is 58.9 Å². The van der Waals surface area contributed by atoms with Crippen LogP contribution in [0.4, 0.5) is 0 Å². The summed E-state index contributed by atoms with van der Waals surface area (Å²) in [5, 5.41) is 6.98. The first-order valence-corrected chi connectivity index (χ1v) is 10.2. The van der Waals surface area contributed by atoms with Gasteiger partial charge in [0.25, 0.3) is 0 Å². The Morgan fingerprint density at radius 2 is 1.85 bits per heavy atom. The van der Waals surface area contributed by atoms with Crippen molar-refractivity contribution in [3.63, 3.8) is 0 Å². The molecule has 27 heavy (non-hydrogen) atoms. The van der Waals surface area contributed by atoms with Gasteiger partial charge in [-0.15, -0.1) is 24.0 Å². The summed E-state index contributed by atoms with van der Waals surface area (Å²) in [4.78, 5) is 11.4. The summed E-state index contributed by atoms with van der Waals surface area (Å²) in [5.41, 5.74) is 2.32. The number of hydrogen-bond acceptors (Lipinski definition) is 3. The average Bonchev–Trinajstić information content (AvgIpc) is 2.91. The molecule has 6 heteroatoms. The molecule has 0 amide bonds. The minimum absolute atomic E-state index is 0. The molecule has 1 aromatic rings. The number of pyridine rings is 1. The second-order valence-corrected chi connectivity index (χ2v) is 7.70. The smallest absolute Gasteiger partial charge is 0.191 e. The maximum Gasteiger partial charge on any atom is 0.191 e. The van der Waals surface area contributed by atoms with E-state index >= 15 is 0 Å². The van der Waals surface area contributed by atoms with E-state index in [9.17, 15) is 0 Å². The lowest BCUT2D eigenvalue weighted by Gasteiger charge is -2.34. The van der Waals surface area contributed by atoms with Crippen molar-refractivity contribution in [2.24, 2.45) is 10.9 Å². The lowest BCUT2D eigenvalue weighted by Crippen LogP contribution is -2.50. The molecule has 0 spiro atoms. The van der Waals surface area contributed by atoms with Gasteiger partial charge in [0.1, 0.15) is 0 Å². The molecule has 0 saturated carbocycles. The zero-order valence-electron chi connectivity index (χ0n) is 17.5. The van der Waals surface area contributed by atoms with Gasteiger partial charge in [-0.3, -0.25) is 14.9 Å². The van der Waals surface area contributed by atoms with Crippen LogP contribution in [-0.4, -0.2) is 55.1 Å². The van der Waals surface area contributed by atoms with E-state index in [1.54, 1.807) is 0 Å². The van der Waals surface area contributed by atoms with Crippen LogP contribution in [0.25, 0.3) is 0 Å². The van der Waals surface area contributed by atoms with Crippen LogP contribution in [0.15, 0.2) is 23.3 Å². The van der Waals surface area contributed by atoms with Crippen LogP contribution in [0.5, 0.6) is 0 Å². The first kappa shape index (κ1) is 24.1. The van der Waals surface area contributed by atoms with Gasteiger partial charge < -0.3 is 10.6 Å². The second-order valence-electron chi connectivity index (χ2n) is 7.70. The van der Waals surface area contributed by atoms with Crippen molar-refractivity contribution < 1.29 is 0 Å². The number of aliphatic imine (C=N–C) groups is 1. The van der Waals surface area contributed by atoms with Gasteiger partial charge in [0.15, 0.2) is 5.96 Å². The number of nitrogens with zero attached hydrogens (tertiary/aromatic N) is 3. The highest BCUT2D eigenvalue weighted by molar-refractivity contribution is 14.0. The van der Waals surface area contributed by atoms with Crippen molar-refractivity contribution in [3.05, 3.63) is 29.6 Å². The first-order chi connectivity index (χ1) is 12.6. The normalized spacial score (nSPS) is 17.1. The van der Waals surface area contributed by atoms with Crippen molar-refractivity contribution >= 4 is 29.9 Å². The topological polar surface area (TPSA) is 52.6 Å². The lowest BCUT2D eigenvalue weighted by atomic mass is 10.0. The Labute approximate surface area is 182 Å². The summed E-state index contributed by atoms with van der Waals surface area (Å²) in [7, 11) is 1.85. The Kier molecular flexibility index (Phi) is 11.9. The highest BCUT2D eigenvalue weighted by Crippen LogP contribution is 2.17. The van der Waals surface area contributed by atoms with Gasteiger partial charge in [0.2, 0.25) is 0 Å². The molecule has 1 aliphatic heterocycles. The van der Waals surface area contributed by atoms with Crippen LogP contribution in [-0.2, 0) is 6.42 Å². The quantitative estimate of drug-likeness (QED) is 0.351. The number of nitrogens with one attached hydrogen (secondary N) is 2. The lowest BCUT2D eigenvalue weighted by molar-refractivity contribution is 0.161. The van der Waals surface area contributed by atoms with Crippen LogP contribution in [0, 0.1) is 12.8 Å². The van der Waals surface area contributed by atoms with Crippen LogP contribution in [0.2, 0.25) is 0 Å². The van der Waals surface area contributed by atoms with Crippen molar-refractivity contribution in [2.75, 3.05) is 33.2 Å². The summed E-state index contributed by atoms with van der Waals surface area (Å²) in [6, 6.07) is 4.78. The number of likely N-dealkylation sites (tertiary alicyclic amines) is 1. The second kappa shape index (κ2) is 13.3. The summed E-state index contributed by atoms with van der Waals surface area (Å²) in [6.45, 7) is 11.0. The predicted octanol–water partition coefficient (Wildman–Crippen LogP) is 3.62. The number of aryl methyl sites for hydroxylation is 1. The third-order valence-corrected chi connectivity index (χ3v) is 5.26. The zero-order valence-corrected chi connectivity index (χ0v) is 19.8. The number of guanidine groups is 1. The van der Waals surface area contributed by atoms with Gasteiger partial charge in [-0.05, 0) is 56.8 Å². The Morgan fingerprint density at radius 1 is 1.15 bits per heavy atom. The molecular weight excluding hydrogens is 449 g/mol. The van der Waals surface area contributed by atoms with E-state index in [0.717, 1.165) is 31.2 Å². The number of rotatable bonds is 7. The van der Waals surface area contributed by atoms with E-state index in [0.29, 0.717) is 12.0 Å². The Morgan fingerprint density at radius 3 is 2.41 bits per heavy atom. The molecule has 0 aliphatic carbocycles. The maximum atomic E-state index is 4.39.